The van der Waals surface area contributed by atoms with Gasteiger partial charge in [-0.1, -0.05) is 30.3 Å². The molecule has 8 heteroatoms. The van der Waals surface area contributed by atoms with Gasteiger partial charge in [-0.3, -0.25) is 19.7 Å². The van der Waals surface area contributed by atoms with Gasteiger partial charge in [0, 0.05) is 36.7 Å². The van der Waals surface area contributed by atoms with E-state index in [4.69, 9.17) is 4.74 Å². The third-order valence-electron chi connectivity index (χ3n) is 5.10. The normalized spacial score (nSPS) is 16.2. The minimum absolute atomic E-state index is 0.0172. The van der Waals surface area contributed by atoms with E-state index in [1.54, 1.807) is 6.92 Å². The van der Waals surface area contributed by atoms with Crippen molar-refractivity contribution in [2.45, 2.75) is 25.9 Å². The highest BCUT2D eigenvalue weighted by atomic mass is 16.6. The highest BCUT2D eigenvalue weighted by Gasteiger charge is 2.25. The van der Waals surface area contributed by atoms with Crippen LogP contribution in [-0.4, -0.2) is 47.9 Å². The molecular formula is C22H25N3O5. The minimum Gasteiger partial charge on any atom is -0.370 e. The maximum Gasteiger partial charge on any atom is 0.272 e. The highest BCUT2D eigenvalue weighted by molar-refractivity contribution is 5.94. The number of morpholine rings is 1. The fraction of sp³-hybridized carbons (Fsp3) is 0.364. The number of aryl methyl sites for hydroxylation is 1. The summed E-state index contributed by atoms with van der Waals surface area (Å²) in [5.74, 6) is -0.268. The molecule has 0 spiro atoms. The van der Waals surface area contributed by atoms with Crippen molar-refractivity contribution in [2.75, 3.05) is 26.2 Å². The molecule has 3 rings (SSSR count). The number of ether oxygens (including phenoxy) is 1. The van der Waals surface area contributed by atoms with Gasteiger partial charge in [0.05, 0.1) is 18.1 Å². The smallest absolute Gasteiger partial charge is 0.272 e. The molecule has 1 unspecified atom stereocenters. The number of amides is 2. The Morgan fingerprint density at radius 3 is 2.70 bits per heavy atom. The van der Waals surface area contributed by atoms with Crippen LogP contribution in [0, 0.1) is 17.0 Å². The molecule has 0 radical (unpaired) electrons. The summed E-state index contributed by atoms with van der Waals surface area (Å²) in [5, 5.41) is 13.6. The van der Waals surface area contributed by atoms with Crippen molar-refractivity contribution in [2.24, 2.45) is 0 Å². The van der Waals surface area contributed by atoms with Crippen LogP contribution in [0.5, 0.6) is 0 Å². The predicted molar refractivity (Wildman–Crippen MR) is 111 cm³/mol. The van der Waals surface area contributed by atoms with E-state index in [0.29, 0.717) is 50.2 Å². The Bertz CT molecular complexity index is 916. The Morgan fingerprint density at radius 2 is 2.00 bits per heavy atom. The predicted octanol–water partition coefficient (Wildman–Crippen LogP) is 3.01. The summed E-state index contributed by atoms with van der Waals surface area (Å²) in [4.78, 5) is 37.0. The molecule has 2 aromatic carbocycles. The van der Waals surface area contributed by atoms with E-state index in [0.717, 1.165) is 5.56 Å². The average molecular weight is 411 g/mol. The summed E-state index contributed by atoms with van der Waals surface area (Å²) in [7, 11) is 0. The van der Waals surface area contributed by atoms with E-state index >= 15 is 0 Å². The van der Waals surface area contributed by atoms with Crippen LogP contribution in [0.2, 0.25) is 0 Å². The zero-order valence-corrected chi connectivity index (χ0v) is 16.9. The standard InChI is InChI=1S/C22H25N3O5/c1-16-14-18(9-10-19(16)25(28)29)22(27)23-11-5-8-21(26)24-12-13-30-20(15-24)17-6-3-2-4-7-17/h2-4,6-7,9-10,14,20H,5,8,11-13,15H2,1H3,(H,23,27). The molecule has 1 N–H and O–H groups in total. The SMILES string of the molecule is Cc1cc(C(=O)NCCCC(=O)N2CCOC(c3ccccc3)C2)ccc1[N+](=O)[O-]. The van der Waals surface area contributed by atoms with E-state index in [2.05, 4.69) is 5.32 Å². The number of hydrogen-bond donors (Lipinski definition) is 1. The second kappa shape index (κ2) is 9.98. The molecule has 1 saturated heterocycles. The molecule has 2 amide bonds. The number of benzene rings is 2. The van der Waals surface area contributed by atoms with Crippen molar-refractivity contribution < 1.29 is 19.2 Å². The molecule has 0 bridgehead atoms. The maximum atomic E-state index is 12.5. The van der Waals surface area contributed by atoms with Gasteiger partial charge >= 0.3 is 0 Å². The molecule has 0 aliphatic carbocycles. The van der Waals surface area contributed by atoms with E-state index in [1.165, 1.54) is 18.2 Å². The summed E-state index contributed by atoms with van der Waals surface area (Å²) < 4.78 is 5.79. The van der Waals surface area contributed by atoms with Crippen LogP contribution in [0.15, 0.2) is 48.5 Å². The molecule has 8 nitrogen and oxygen atoms in total. The van der Waals surface area contributed by atoms with E-state index in [9.17, 15) is 19.7 Å². The van der Waals surface area contributed by atoms with E-state index < -0.39 is 4.92 Å². The lowest BCUT2D eigenvalue weighted by Gasteiger charge is -2.33. The van der Waals surface area contributed by atoms with Gasteiger partial charge in [-0.2, -0.15) is 0 Å². The molecule has 0 aromatic heterocycles. The van der Waals surface area contributed by atoms with Gasteiger partial charge in [-0.05, 0) is 31.0 Å². The number of nitro groups is 1. The van der Waals surface area contributed by atoms with Gasteiger partial charge in [-0.25, -0.2) is 0 Å². The fourth-order valence-electron chi connectivity index (χ4n) is 3.45. The summed E-state index contributed by atoms with van der Waals surface area (Å²) >= 11 is 0. The lowest BCUT2D eigenvalue weighted by Crippen LogP contribution is -2.42. The first-order chi connectivity index (χ1) is 14.5. The number of rotatable bonds is 7. The lowest BCUT2D eigenvalue weighted by molar-refractivity contribution is -0.385. The number of carbonyl (C=O) groups is 2. The van der Waals surface area contributed by atoms with E-state index in [1.807, 2.05) is 35.2 Å². The summed E-state index contributed by atoms with van der Waals surface area (Å²) in [6.07, 6.45) is 0.735. The molecule has 1 aliphatic heterocycles. The number of nitro benzene ring substituents is 1. The van der Waals surface area contributed by atoms with Crippen molar-refractivity contribution in [3.63, 3.8) is 0 Å². The van der Waals surface area contributed by atoms with Crippen LogP contribution in [0.3, 0.4) is 0 Å². The Balaban J connectivity index is 1.44. The van der Waals surface area contributed by atoms with Crippen molar-refractivity contribution in [1.29, 1.82) is 0 Å². The fourth-order valence-corrected chi connectivity index (χ4v) is 3.45. The summed E-state index contributed by atoms with van der Waals surface area (Å²) in [6.45, 7) is 3.54. The summed E-state index contributed by atoms with van der Waals surface area (Å²) in [5.41, 5.74) is 1.84. The van der Waals surface area contributed by atoms with Crippen LogP contribution in [0.1, 0.15) is 40.4 Å². The van der Waals surface area contributed by atoms with Crippen LogP contribution in [-0.2, 0) is 9.53 Å². The quantitative estimate of drug-likeness (QED) is 0.429. The number of carbonyl (C=O) groups excluding carboxylic acids is 2. The number of nitrogens with one attached hydrogen (secondary N) is 1. The first kappa shape index (κ1) is 21.4. The second-order valence-corrected chi connectivity index (χ2v) is 7.23. The zero-order valence-electron chi connectivity index (χ0n) is 16.9. The Kier molecular flexibility index (Phi) is 7.13. The molecule has 1 fully saturated rings. The largest absolute Gasteiger partial charge is 0.370 e. The Morgan fingerprint density at radius 1 is 1.23 bits per heavy atom. The molecule has 1 atom stereocenters. The molecule has 1 aliphatic rings. The van der Waals surface area contributed by atoms with Gasteiger partial charge < -0.3 is 15.0 Å². The maximum absolute atomic E-state index is 12.5. The third-order valence-corrected chi connectivity index (χ3v) is 5.10. The average Bonchev–Trinajstić information content (AvgIpc) is 2.76. The second-order valence-electron chi connectivity index (χ2n) is 7.23. The molecule has 30 heavy (non-hydrogen) atoms. The van der Waals surface area contributed by atoms with Gasteiger partial charge in [0.1, 0.15) is 6.10 Å². The first-order valence-corrected chi connectivity index (χ1v) is 9.93. The first-order valence-electron chi connectivity index (χ1n) is 9.93. The lowest BCUT2D eigenvalue weighted by atomic mass is 10.1. The van der Waals surface area contributed by atoms with Crippen molar-refractivity contribution in [3.05, 3.63) is 75.3 Å². The molecule has 0 saturated carbocycles. The highest BCUT2D eigenvalue weighted by Crippen LogP contribution is 2.22. The summed E-state index contributed by atoms with van der Waals surface area (Å²) in [6, 6.07) is 14.1. The monoisotopic (exact) mass is 411 g/mol. The minimum atomic E-state index is -0.476. The molecular weight excluding hydrogens is 386 g/mol. The van der Waals surface area contributed by atoms with Gasteiger partial charge in [0.2, 0.25) is 5.91 Å². The van der Waals surface area contributed by atoms with Crippen LogP contribution >= 0.6 is 0 Å². The molecule has 1 heterocycles. The van der Waals surface area contributed by atoms with Crippen LogP contribution < -0.4 is 5.32 Å². The van der Waals surface area contributed by atoms with Crippen LogP contribution in [0.25, 0.3) is 0 Å². The van der Waals surface area contributed by atoms with Gasteiger partial charge in [0.25, 0.3) is 11.6 Å². The topological polar surface area (TPSA) is 102 Å². The van der Waals surface area contributed by atoms with E-state index in [-0.39, 0.29) is 23.6 Å². The van der Waals surface area contributed by atoms with Crippen molar-refractivity contribution in [1.82, 2.24) is 10.2 Å². The Hall–Kier alpha value is -3.26. The van der Waals surface area contributed by atoms with Gasteiger partial charge in [0.15, 0.2) is 0 Å². The van der Waals surface area contributed by atoms with Crippen LogP contribution in [0.4, 0.5) is 5.69 Å². The third kappa shape index (κ3) is 5.42. The molecule has 158 valence electrons. The zero-order chi connectivity index (χ0) is 21.5. The molecule has 2 aromatic rings. The van der Waals surface area contributed by atoms with Crippen molar-refractivity contribution >= 4 is 17.5 Å². The number of nitrogens with zero attached hydrogens (tertiary/aromatic N) is 2. The van der Waals surface area contributed by atoms with Crippen molar-refractivity contribution in [3.8, 4) is 0 Å². The number of hydrogen-bond acceptors (Lipinski definition) is 5. The van der Waals surface area contributed by atoms with Gasteiger partial charge in [-0.15, -0.1) is 0 Å². The Labute approximate surface area is 175 Å².